The van der Waals surface area contributed by atoms with Crippen LogP contribution in [0.5, 0.6) is 0 Å². The molecule has 3 unspecified atom stereocenters. The molecule has 1 heterocycles. The molecule has 0 radical (unpaired) electrons. The zero-order chi connectivity index (χ0) is 4.85. The van der Waals surface area contributed by atoms with Crippen molar-refractivity contribution in [1.29, 1.82) is 0 Å². The van der Waals surface area contributed by atoms with Crippen molar-refractivity contribution in [2.75, 3.05) is 6.61 Å². The number of thioether (sulfide) groups is 1. The lowest BCUT2D eigenvalue weighted by molar-refractivity contribution is 0.191. The fourth-order valence-electron chi connectivity index (χ4n) is 1.18. The van der Waals surface area contributed by atoms with Crippen LogP contribution in [0.15, 0.2) is 0 Å². The maximum absolute atomic E-state index is 8.57. The topological polar surface area (TPSA) is 20.2 Å². The van der Waals surface area contributed by atoms with Gasteiger partial charge in [-0.25, -0.2) is 0 Å². The summed E-state index contributed by atoms with van der Waals surface area (Å²) >= 11 is 2.03. The van der Waals surface area contributed by atoms with Crippen LogP contribution in [0.25, 0.3) is 0 Å². The van der Waals surface area contributed by atoms with E-state index in [1.165, 1.54) is 6.42 Å². The molecule has 40 valence electrons. The van der Waals surface area contributed by atoms with E-state index in [0.29, 0.717) is 12.5 Å². The molecule has 2 heteroatoms. The fourth-order valence-corrected chi connectivity index (χ4v) is 2.60. The Balaban J connectivity index is 1.92. The minimum Gasteiger partial charge on any atom is -0.396 e. The number of aliphatic hydroxyl groups is 1. The van der Waals surface area contributed by atoms with E-state index in [-0.39, 0.29) is 0 Å². The van der Waals surface area contributed by atoms with Gasteiger partial charge < -0.3 is 5.11 Å². The lowest BCUT2D eigenvalue weighted by Crippen LogP contribution is -2.26. The van der Waals surface area contributed by atoms with Gasteiger partial charge in [-0.2, -0.15) is 11.8 Å². The van der Waals surface area contributed by atoms with Crippen molar-refractivity contribution in [1.82, 2.24) is 0 Å². The third-order valence-corrected chi connectivity index (χ3v) is 3.40. The molecule has 0 spiro atoms. The summed E-state index contributed by atoms with van der Waals surface area (Å²) in [6.45, 7) is 0.425. The Morgan fingerprint density at radius 2 is 2.57 bits per heavy atom. The normalized spacial score (nSPS) is 55.3. The number of rotatable bonds is 1. The van der Waals surface area contributed by atoms with Crippen molar-refractivity contribution in [3.63, 3.8) is 0 Å². The molecule has 0 aromatic heterocycles. The largest absolute Gasteiger partial charge is 0.396 e. The van der Waals surface area contributed by atoms with Gasteiger partial charge in [0.05, 0.1) is 0 Å². The summed E-state index contributed by atoms with van der Waals surface area (Å²) in [6.07, 6.45) is 1.28. The van der Waals surface area contributed by atoms with Crippen LogP contribution < -0.4 is 0 Å². The summed E-state index contributed by atoms with van der Waals surface area (Å²) in [5.74, 6) is 0.676. The second-order valence-electron chi connectivity index (χ2n) is 2.32. The van der Waals surface area contributed by atoms with E-state index in [0.717, 1.165) is 10.5 Å². The Hall–Kier alpha value is 0.310. The van der Waals surface area contributed by atoms with Gasteiger partial charge in [-0.05, 0) is 12.3 Å². The number of aliphatic hydroxyl groups excluding tert-OH is 1. The van der Waals surface area contributed by atoms with Gasteiger partial charge in [0.15, 0.2) is 0 Å². The molecule has 1 saturated carbocycles. The van der Waals surface area contributed by atoms with Crippen LogP contribution in [0.4, 0.5) is 0 Å². The van der Waals surface area contributed by atoms with Crippen molar-refractivity contribution >= 4 is 11.8 Å². The molecule has 1 saturated heterocycles. The average Bonchev–Trinajstić information content (AvgIpc) is 2.18. The maximum Gasteiger partial charge on any atom is 0.0470 e. The van der Waals surface area contributed by atoms with Crippen molar-refractivity contribution in [2.45, 2.75) is 16.9 Å². The Bertz CT molecular complexity index is 94.1. The highest BCUT2D eigenvalue weighted by molar-refractivity contribution is 8.08. The summed E-state index contributed by atoms with van der Waals surface area (Å²) in [5.41, 5.74) is 0. The van der Waals surface area contributed by atoms with E-state index in [1.807, 2.05) is 11.8 Å². The zero-order valence-corrected chi connectivity index (χ0v) is 4.82. The smallest absolute Gasteiger partial charge is 0.0470 e. The molecule has 1 N–H and O–H groups in total. The fraction of sp³-hybridized carbons (Fsp3) is 1.00. The first kappa shape index (κ1) is 4.21. The molecule has 2 fully saturated rings. The van der Waals surface area contributed by atoms with E-state index in [4.69, 9.17) is 5.11 Å². The standard InChI is InChI=1S/C5H8OS/c6-2-3-1-4-5(3)7-4/h3-6H,1-2H2. The summed E-state index contributed by atoms with van der Waals surface area (Å²) in [4.78, 5) is 0. The lowest BCUT2D eigenvalue weighted by Gasteiger charge is -2.18. The van der Waals surface area contributed by atoms with Gasteiger partial charge in [0.2, 0.25) is 0 Å². The first-order valence-electron chi connectivity index (χ1n) is 2.68. The Labute approximate surface area is 47.1 Å². The van der Waals surface area contributed by atoms with Crippen LogP contribution in [0.3, 0.4) is 0 Å². The highest BCUT2D eigenvalue weighted by Crippen LogP contribution is 2.59. The second-order valence-corrected chi connectivity index (χ2v) is 3.74. The van der Waals surface area contributed by atoms with Crippen LogP contribution >= 0.6 is 11.8 Å². The molecule has 0 bridgehead atoms. The Morgan fingerprint density at radius 1 is 1.71 bits per heavy atom. The molecule has 0 aromatic carbocycles. The van der Waals surface area contributed by atoms with Crippen LogP contribution in [-0.2, 0) is 0 Å². The highest BCUT2D eigenvalue weighted by atomic mass is 32.2. The Kier molecular flexibility index (Phi) is 0.707. The SMILES string of the molecule is OCC1CC2SC12. The first-order chi connectivity index (χ1) is 3.42. The molecular formula is C5H8OS. The molecule has 3 atom stereocenters. The third-order valence-electron chi connectivity index (χ3n) is 1.86. The maximum atomic E-state index is 8.57. The molecular weight excluding hydrogens is 108 g/mol. The molecule has 1 nitrogen and oxygen atoms in total. The summed E-state index contributed by atoms with van der Waals surface area (Å²) in [6, 6.07) is 0. The minimum atomic E-state index is 0.425. The number of fused-ring (bicyclic) bond motifs is 1. The van der Waals surface area contributed by atoms with Gasteiger partial charge in [-0.15, -0.1) is 0 Å². The van der Waals surface area contributed by atoms with E-state index in [1.54, 1.807) is 0 Å². The van der Waals surface area contributed by atoms with Gasteiger partial charge in [0, 0.05) is 17.1 Å². The highest BCUT2D eigenvalue weighted by Gasteiger charge is 2.54. The molecule has 1 aliphatic carbocycles. The van der Waals surface area contributed by atoms with E-state index < -0.39 is 0 Å². The van der Waals surface area contributed by atoms with Gasteiger partial charge in [-0.3, -0.25) is 0 Å². The molecule has 1 aliphatic heterocycles. The molecule has 7 heavy (non-hydrogen) atoms. The minimum absolute atomic E-state index is 0.425. The van der Waals surface area contributed by atoms with Crippen molar-refractivity contribution in [2.24, 2.45) is 5.92 Å². The van der Waals surface area contributed by atoms with Gasteiger partial charge in [0.1, 0.15) is 0 Å². The average molecular weight is 116 g/mol. The van der Waals surface area contributed by atoms with E-state index in [9.17, 15) is 0 Å². The zero-order valence-electron chi connectivity index (χ0n) is 4.00. The molecule has 0 amide bonds. The predicted octanol–water partition coefficient (Wildman–Crippen LogP) is 0.483. The third kappa shape index (κ3) is 0.441. The van der Waals surface area contributed by atoms with Crippen LogP contribution in [0.2, 0.25) is 0 Å². The predicted molar refractivity (Wildman–Crippen MR) is 30.4 cm³/mol. The summed E-state index contributed by atoms with van der Waals surface area (Å²) in [5, 5.41) is 10.4. The quantitative estimate of drug-likeness (QED) is 0.503. The molecule has 0 aromatic rings. The van der Waals surface area contributed by atoms with Crippen molar-refractivity contribution in [3.8, 4) is 0 Å². The van der Waals surface area contributed by atoms with Crippen LogP contribution in [-0.4, -0.2) is 22.2 Å². The summed E-state index contributed by atoms with van der Waals surface area (Å²) < 4.78 is 0. The van der Waals surface area contributed by atoms with Crippen LogP contribution in [0.1, 0.15) is 6.42 Å². The monoisotopic (exact) mass is 116 g/mol. The van der Waals surface area contributed by atoms with Crippen molar-refractivity contribution < 1.29 is 5.11 Å². The number of hydrogen-bond acceptors (Lipinski definition) is 2. The van der Waals surface area contributed by atoms with Gasteiger partial charge in [-0.1, -0.05) is 0 Å². The Morgan fingerprint density at radius 3 is 2.71 bits per heavy atom. The van der Waals surface area contributed by atoms with Crippen molar-refractivity contribution in [3.05, 3.63) is 0 Å². The number of hydrogen-bond donors (Lipinski definition) is 1. The molecule has 2 aliphatic rings. The lowest BCUT2D eigenvalue weighted by atomic mass is 9.86. The summed E-state index contributed by atoms with van der Waals surface area (Å²) in [7, 11) is 0. The first-order valence-corrected chi connectivity index (χ1v) is 3.62. The van der Waals surface area contributed by atoms with E-state index in [2.05, 4.69) is 0 Å². The molecule has 2 rings (SSSR count). The second kappa shape index (κ2) is 1.17. The van der Waals surface area contributed by atoms with Gasteiger partial charge in [0.25, 0.3) is 0 Å². The van der Waals surface area contributed by atoms with E-state index >= 15 is 0 Å². The van der Waals surface area contributed by atoms with Crippen LogP contribution in [0, 0.1) is 5.92 Å². The van der Waals surface area contributed by atoms with Gasteiger partial charge >= 0.3 is 0 Å².